The summed E-state index contributed by atoms with van der Waals surface area (Å²) in [5, 5.41) is 9.40. The molecular formula is C35H30F9NO5. The second-order valence-corrected chi connectivity index (χ2v) is 12.9. The number of amides is 1. The molecule has 1 amide bonds. The Labute approximate surface area is 279 Å². The molecule has 6 rings (SSSR count). The van der Waals surface area contributed by atoms with Crippen LogP contribution >= 0.6 is 0 Å². The van der Waals surface area contributed by atoms with E-state index in [0.717, 1.165) is 22.6 Å². The van der Waals surface area contributed by atoms with Crippen LogP contribution in [0, 0.1) is 5.92 Å². The number of rotatable bonds is 6. The molecule has 3 aliphatic rings. The van der Waals surface area contributed by atoms with E-state index in [0.29, 0.717) is 49.1 Å². The highest BCUT2D eigenvalue weighted by Gasteiger charge is 2.52. The van der Waals surface area contributed by atoms with Crippen molar-refractivity contribution in [3.8, 4) is 16.9 Å². The molecule has 0 radical (unpaired) electrons. The fourth-order valence-electron chi connectivity index (χ4n) is 7.51. The molecule has 15 heteroatoms. The number of carboxylic acid groups (broad SMARTS) is 1. The number of alkyl halides is 9. The van der Waals surface area contributed by atoms with Crippen molar-refractivity contribution >= 4 is 12.1 Å². The lowest BCUT2D eigenvalue weighted by atomic mass is 9.78. The van der Waals surface area contributed by atoms with Crippen molar-refractivity contribution in [3.05, 3.63) is 88.0 Å². The number of aliphatic carboxylic acids is 1. The van der Waals surface area contributed by atoms with Gasteiger partial charge in [0.05, 0.1) is 41.8 Å². The number of carboxylic acids is 1. The maximum atomic E-state index is 14.1. The maximum Gasteiger partial charge on any atom is 0.416 e. The zero-order valence-electron chi connectivity index (χ0n) is 26.3. The van der Waals surface area contributed by atoms with Crippen LogP contribution in [0.3, 0.4) is 0 Å². The van der Waals surface area contributed by atoms with E-state index in [2.05, 4.69) is 0 Å². The lowest BCUT2D eigenvalue weighted by Gasteiger charge is -2.28. The zero-order chi connectivity index (χ0) is 36.3. The average Bonchev–Trinajstić information content (AvgIpc) is 3.64. The lowest BCUT2D eigenvalue weighted by Crippen LogP contribution is -2.31. The molecule has 268 valence electrons. The molecule has 0 unspecified atom stereocenters. The molecule has 1 aliphatic carbocycles. The van der Waals surface area contributed by atoms with Gasteiger partial charge in [-0.25, -0.2) is 4.79 Å². The number of ether oxygens (including phenoxy) is 2. The van der Waals surface area contributed by atoms with Gasteiger partial charge >= 0.3 is 30.6 Å². The number of fused-ring (bicyclic) bond motifs is 1. The van der Waals surface area contributed by atoms with Crippen LogP contribution in [-0.4, -0.2) is 35.2 Å². The molecule has 6 nitrogen and oxygen atoms in total. The summed E-state index contributed by atoms with van der Waals surface area (Å²) in [6, 6.07) is 7.00. The zero-order valence-corrected chi connectivity index (χ0v) is 26.3. The summed E-state index contributed by atoms with van der Waals surface area (Å²) in [6.45, 7) is 0. The molecule has 0 aromatic heterocycles. The highest BCUT2D eigenvalue weighted by atomic mass is 19.4. The molecule has 50 heavy (non-hydrogen) atoms. The molecule has 3 aromatic rings. The Balaban J connectivity index is 1.41. The smallest absolute Gasteiger partial charge is 0.416 e. The summed E-state index contributed by atoms with van der Waals surface area (Å²) in [6.07, 6.45) is -15.6. The third kappa shape index (κ3) is 6.70. The van der Waals surface area contributed by atoms with Crippen molar-refractivity contribution in [2.45, 2.75) is 81.2 Å². The third-order valence-corrected chi connectivity index (χ3v) is 9.95. The van der Waals surface area contributed by atoms with E-state index in [1.165, 1.54) is 13.2 Å². The Bertz CT molecular complexity index is 1760. The third-order valence-electron chi connectivity index (χ3n) is 9.95. The summed E-state index contributed by atoms with van der Waals surface area (Å²) in [5.74, 6) is -1.08. The highest BCUT2D eigenvalue weighted by Crippen LogP contribution is 2.52. The second-order valence-electron chi connectivity index (χ2n) is 12.9. The quantitative estimate of drug-likeness (QED) is 0.257. The Morgan fingerprint density at radius 1 is 0.740 bits per heavy atom. The molecule has 3 aromatic carbocycles. The van der Waals surface area contributed by atoms with Crippen molar-refractivity contribution in [3.63, 3.8) is 0 Å². The monoisotopic (exact) mass is 715 g/mol. The first kappa shape index (κ1) is 35.4. The van der Waals surface area contributed by atoms with Crippen molar-refractivity contribution in [1.82, 2.24) is 4.90 Å². The first-order valence-corrected chi connectivity index (χ1v) is 15.8. The van der Waals surface area contributed by atoms with E-state index >= 15 is 0 Å². The van der Waals surface area contributed by atoms with E-state index in [9.17, 15) is 54.2 Å². The second kappa shape index (κ2) is 12.7. The van der Waals surface area contributed by atoms with Crippen LogP contribution in [0.2, 0.25) is 0 Å². The van der Waals surface area contributed by atoms with Gasteiger partial charge < -0.3 is 14.6 Å². The van der Waals surface area contributed by atoms with Crippen LogP contribution in [-0.2, 0) is 28.1 Å². The molecular weight excluding hydrogens is 685 g/mol. The summed E-state index contributed by atoms with van der Waals surface area (Å²) in [7, 11) is 1.37. The maximum absolute atomic E-state index is 14.1. The van der Waals surface area contributed by atoms with Gasteiger partial charge in [0.1, 0.15) is 11.9 Å². The van der Waals surface area contributed by atoms with Gasteiger partial charge in [0, 0.05) is 5.56 Å². The minimum atomic E-state index is -5.15. The Morgan fingerprint density at radius 2 is 1.36 bits per heavy atom. The SMILES string of the molecule is COc1ccc(C2CCC(C(=O)O)CC2)cc1-c1ccc(C(F)(F)F)cc1[C@@H]1CC[C@H]2[C@@H](c3cc(C(F)(F)F)cc(C(F)(F)F)c3)OC(=O)N12. The minimum Gasteiger partial charge on any atom is -0.496 e. The van der Waals surface area contributed by atoms with Crippen LogP contribution in [0.4, 0.5) is 44.3 Å². The normalized spacial score (nSPS) is 24.2. The fraction of sp³-hybridized carbons (Fsp3) is 0.429. The van der Waals surface area contributed by atoms with Crippen LogP contribution in [0.25, 0.3) is 11.1 Å². The van der Waals surface area contributed by atoms with Gasteiger partial charge in [-0.05, 0) is 109 Å². The predicted molar refractivity (Wildman–Crippen MR) is 159 cm³/mol. The predicted octanol–water partition coefficient (Wildman–Crippen LogP) is 10.2. The van der Waals surface area contributed by atoms with Crippen molar-refractivity contribution in [2.75, 3.05) is 7.11 Å². The molecule has 1 saturated carbocycles. The van der Waals surface area contributed by atoms with Crippen LogP contribution in [0.15, 0.2) is 54.6 Å². The number of methoxy groups -OCH3 is 1. The lowest BCUT2D eigenvalue weighted by molar-refractivity contribution is -0.144. The van der Waals surface area contributed by atoms with Gasteiger partial charge in [-0.15, -0.1) is 0 Å². The summed E-state index contributed by atoms with van der Waals surface area (Å²) in [4.78, 5) is 25.9. The van der Waals surface area contributed by atoms with Gasteiger partial charge in [-0.3, -0.25) is 9.69 Å². The van der Waals surface area contributed by atoms with Crippen molar-refractivity contribution < 1.29 is 63.7 Å². The number of hydrogen-bond donors (Lipinski definition) is 1. The Hall–Kier alpha value is -4.43. The number of halogens is 9. The average molecular weight is 716 g/mol. The number of carbonyl (C=O) groups excluding carboxylic acids is 1. The number of nitrogens with zero attached hydrogens (tertiary/aromatic N) is 1. The largest absolute Gasteiger partial charge is 0.496 e. The van der Waals surface area contributed by atoms with Crippen LogP contribution < -0.4 is 4.74 Å². The van der Waals surface area contributed by atoms with Gasteiger partial charge in [-0.1, -0.05) is 12.1 Å². The van der Waals surface area contributed by atoms with Crippen molar-refractivity contribution in [2.24, 2.45) is 5.92 Å². The molecule has 3 atom stereocenters. The molecule has 0 spiro atoms. The molecule has 2 aliphatic heterocycles. The van der Waals surface area contributed by atoms with Gasteiger partial charge in [-0.2, -0.15) is 39.5 Å². The molecule has 1 N–H and O–H groups in total. The summed E-state index contributed by atoms with van der Waals surface area (Å²) < 4.78 is 135. The summed E-state index contributed by atoms with van der Waals surface area (Å²) in [5.41, 5.74) is -3.21. The molecule has 2 heterocycles. The molecule has 0 bridgehead atoms. The van der Waals surface area contributed by atoms with E-state index in [4.69, 9.17) is 9.47 Å². The number of hydrogen-bond acceptors (Lipinski definition) is 4. The van der Waals surface area contributed by atoms with Gasteiger partial charge in [0.15, 0.2) is 0 Å². The standard InChI is InChI=1S/C35H30F9NO5/c1-49-29-11-6-19(17-2-4-18(5-3-17)31(46)47)14-26(29)24-8-7-21(33(36,37)38)16-25(24)27-9-10-28-30(50-32(48)45(27)28)20-12-22(34(39,40)41)15-23(13-20)35(42,43)44/h6-8,11-18,27-28,30H,2-5,9-10H2,1H3,(H,46,47)/t17?,18?,27-,28-,30+/m0/s1. The van der Waals surface area contributed by atoms with Crippen molar-refractivity contribution in [1.29, 1.82) is 0 Å². The van der Waals surface area contributed by atoms with Crippen LogP contribution in [0.5, 0.6) is 5.75 Å². The summed E-state index contributed by atoms with van der Waals surface area (Å²) >= 11 is 0. The molecule has 3 fully saturated rings. The Morgan fingerprint density at radius 3 is 1.92 bits per heavy atom. The van der Waals surface area contributed by atoms with E-state index in [1.54, 1.807) is 18.2 Å². The molecule has 2 saturated heterocycles. The topological polar surface area (TPSA) is 76.1 Å². The first-order chi connectivity index (χ1) is 23.4. The van der Waals surface area contributed by atoms with Gasteiger partial charge in [0.25, 0.3) is 0 Å². The van der Waals surface area contributed by atoms with Crippen LogP contribution in [0.1, 0.15) is 90.0 Å². The highest BCUT2D eigenvalue weighted by molar-refractivity contribution is 5.78. The first-order valence-electron chi connectivity index (χ1n) is 15.8. The van der Waals surface area contributed by atoms with E-state index in [-0.39, 0.29) is 36.0 Å². The minimum absolute atomic E-state index is 0.0123. The fourth-order valence-corrected chi connectivity index (χ4v) is 7.51. The Kier molecular flexibility index (Phi) is 9.00. The van der Waals surface area contributed by atoms with Gasteiger partial charge in [0.2, 0.25) is 0 Å². The number of cyclic esters (lactones) is 1. The number of carbonyl (C=O) groups is 2. The van der Waals surface area contributed by atoms with E-state index in [1.807, 2.05) is 0 Å². The number of benzene rings is 3. The van der Waals surface area contributed by atoms with E-state index < -0.39 is 77.0 Å².